The smallest absolute Gasteiger partial charge is 0.265 e. The maximum Gasteiger partial charge on any atom is 0.265 e. The van der Waals surface area contributed by atoms with Crippen LogP contribution in [0.4, 0.5) is 5.13 Å². The summed E-state index contributed by atoms with van der Waals surface area (Å²) in [5.41, 5.74) is 0.821. The number of carbonyl (C=O) groups excluding carboxylic acids is 2. The summed E-state index contributed by atoms with van der Waals surface area (Å²) in [6, 6.07) is 3.10. The molecule has 8 nitrogen and oxygen atoms in total. The summed E-state index contributed by atoms with van der Waals surface area (Å²) < 4.78 is 15.7. The number of aromatic nitrogens is 1. The number of ether oxygens (including phenoxy) is 3. The van der Waals surface area contributed by atoms with E-state index in [2.05, 4.69) is 10.3 Å². The van der Waals surface area contributed by atoms with Gasteiger partial charge >= 0.3 is 0 Å². The van der Waals surface area contributed by atoms with E-state index in [1.165, 1.54) is 32.3 Å². The number of aryl methyl sites for hydroxylation is 1. The Kier molecular flexibility index (Phi) is 6.04. The standard InChI is InChI=1S/C17H21N3O5S/c1-9-14(16(22)20(2)3)26-17(18-9)19-15(21)10-7-12(24-5)13(25-6)8-11(10)23-4/h7-8H,1-6H3,(H,18,19,21). The highest BCUT2D eigenvalue weighted by Crippen LogP contribution is 2.35. The number of methoxy groups -OCH3 is 3. The van der Waals surface area contributed by atoms with Crippen LogP contribution in [0.5, 0.6) is 17.2 Å². The lowest BCUT2D eigenvalue weighted by atomic mass is 10.1. The predicted molar refractivity (Wildman–Crippen MR) is 98.9 cm³/mol. The first-order valence-corrected chi connectivity index (χ1v) is 8.44. The van der Waals surface area contributed by atoms with Crippen LogP contribution in [-0.4, -0.2) is 57.1 Å². The lowest BCUT2D eigenvalue weighted by Crippen LogP contribution is -2.21. The molecule has 9 heteroatoms. The maximum absolute atomic E-state index is 12.7. The van der Waals surface area contributed by atoms with Gasteiger partial charge in [0, 0.05) is 26.2 Å². The summed E-state index contributed by atoms with van der Waals surface area (Å²) in [4.78, 5) is 31.0. The fourth-order valence-electron chi connectivity index (χ4n) is 2.22. The van der Waals surface area contributed by atoms with Crippen molar-refractivity contribution >= 4 is 28.3 Å². The maximum atomic E-state index is 12.7. The molecule has 0 unspecified atom stereocenters. The number of thiazole rings is 1. The molecular formula is C17H21N3O5S. The Morgan fingerprint density at radius 3 is 2.15 bits per heavy atom. The third kappa shape index (κ3) is 3.88. The van der Waals surface area contributed by atoms with Gasteiger partial charge in [0.2, 0.25) is 0 Å². The zero-order chi connectivity index (χ0) is 19.4. The third-order valence-electron chi connectivity index (χ3n) is 3.57. The molecule has 2 rings (SSSR count). The molecule has 0 aliphatic heterocycles. The van der Waals surface area contributed by atoms with Crippen molar-refractivity contribution in [3.05, 3.63) is 28.3 Å². The molecule has 0 saturated carbocycles. The first kappa shape index (κ1) is 19.5. The molecule has 0 fully saturated rings. The number of amides is 2. The van der Waals surface area contributed by atoms with Crippen molar-refractivity contribution in [2.24, 2.45) is 0 Å². The summed E-state index contributed by atoms with van der Waals surface area (Å²) in [6.07, 6.45) is 0. The van der Waals surface area contributed by atoms with Crippen molar-refractivity contribution in [3.63, 3.8) is 0 Å². The molecule has 1 aromatic heterocycles. The van der Waals surface area contributed by atoms with Gasteiger partial charge in [0.15, 0.2) is 16.6 Å². The Morgan fingerprint density at radius 1 is 1.04 bits per heavy atom. The number of anilines is 1. The van der Waals surface area contributed by atoms with Crippen molar-refractivity contribution in [2.45, 2.75) is 6.92 Å². The molecule has 0 bridgehead atoms. The van der Waals surface area contributed by atoms with E-state index in [4.69, 9.17) is 14.2 Å². The van der Waals surface area contributed by atoms with E-state index in [9.17, 15) is 9.59 Å². The molecular weight excluding hydrogens is 358 g/mol. The van der Waals surface area contributed by atoms with Crippen LogP contribution in [0.2, 0.25) is 0 Å². The second kappa shape index (κ2) is 8.05. The van der Waals surface area contributed by atoms with Gasteiger partial charge < -0.3 is 19.1 Å². The Morgan fingerprint density at radius 2 is 1.62 bits per heavy atom. The number of hydrogen-bond acceptors (Lipinski definition) is 7. The van der Waals surface area contributed by atoms with E-state index in [1.807, 2.05) is 0 Å². The summed E-state index contributed by atoms with van der Waals surface area (Å²) in [5.74, 6) is 0.588. The second-order valence-electron chi connectivity index (χ2n) is 5.49. The van der Waals surface area contributed by atoms with Crippen LogP contribution in [0, 0.1) is 6.92 Å². The van der Waals surface area contributed by atoms with E-state index in [1.54, 1.807) is 27.1 Å². The topological polar surface area (TPSA) is 90.0 Å². The van der Waals surface area contributed by atoms with Crippen molar-refractivity contribution in [2.75, 3.05) is 40.7 Å². The lowest BCUT2D eigenvalue weighted by Gasteiger charge is -2.13. The highest BCUT2D eigenvalue weighted by atomic mass is 32.1. The molecule has 0 aliphatic carbocycles. The number of rotatable bonds is 6. The van der Waals surface area contributed by atoms with Crippen LogP contribution in [0.3, 0.4) is 0 Å². The zero-order valence-corrected chi connectivity index (χ0v) is 16.3. The van der Waals surface area contributed by atoms with Crippen LogP contribution in [0.1, 0.15) is 25.7 Å². The highest BCUT2D eigenvalue weighted by Gasteiger charge is 2.21. The van der Waals surface area contributed by atoms with Gasteiger partial charge in [0.25, 0.3) is 11.8 Å². The van der Waals surface area contributed by atoms with Crippen molar-refractivity contribution < 1.29 is 23.8 Å². The molecule has 2 aromatic rings. The monoisotopic (exact) mass is 379 g/mol. The van der Waals surface area contributed by atoms with Gasteiger partial charge in [0.1, 0.15) is 10.6 Å². The van der Waals surface area contributed by atoms with Crippen molar-refractivity contribution in [3.8, 4) is 17.2 Å². The largest absolute Gasteiger partial charge is 0.496 e. The predicted octanol–water partition coefficient (Wildman–Crippen LogP) is 2.43. The molecule has 0 spiro atoms. The SMILES string of the molecule is COc1cc(OC)c(C(=O)Nc2nc(C)c(C(=O)N(C)C)s2)cc1OC. The fraction of sp³-hybridized carbons (Fsp3) is 0.353. The first-order valence-electron chi connectivity index (χ1n) is 7.62. The molecule has 26 heavy (non-hydrogen) atoms. The Balaban J connectivity index is 2.33. The molecule has 1 aromatic carbocycles. The minimum absolute atomic E-state index is 0.163. The summed E-state index contributed by atoms with van der Waals surface area (Å²) >= 11 is 1.12. The fourth-order valence-corrected chi connectivity index (χ4v) is 3.21. The molecule has 0 atom stereocenters. The quantitative estimate of drug-likeness (QED) is 0.829. The molecule has 2 amide bonds. The van der Waals surface area contributed by atoms with Gasteiger partial charge in [0.05, 0.1) is 32.6 Å². The third-order valence-corrected chi connectivity index (χ3v) is 4.63. The van der Waals surface area contributed by atoms with E-state index in [-0.39, 0.29) is 11.5 Å². The molecule has 0 aliphatic rings. The Hall–Kier alpha value is -2.81. The van der Waals surface area contributed by atoms with E-state index < -0.39 is 5.91 Å². The Labute approximate surface area is 155 Å². The van der Waals surface area contributed by atoms with E-state index >= 15 is 0 Å². The first-order chi connectivity index (χ1) is 12.3. The van der Waals surface area contributed by atoms with Crippen LogP contribution < -0.4 is 19.5 Å². The summed E-state index contributed by atoms with van der Waals surface area (Å²) in [5, 5.41) is 3.03. The zero-order valence-electron chi connectivity index (χ0n) is 15.5. The van der Waals surface area contributed by atoms with Gasteiger partial charge in [-0.25, -0.2) is 4.98 Å². The Bertz CT molecular complexity index is 832. The highest BCUT2D eigenvalue weighted by molar-refractivity contribution is 7.17. The van der Waals surface area contributed by atoms with E-state index in [0.29, 0.717) is 33.0 Å². The van der Waals surface area contributed by atoms with Crippen molar-refractivity contribution in [1.82, 2.24) is 9.88 Å². The second-order valence-corrected chi connectivity index (χ2v) is 6.49. The lowest BCUT2D eigenvalue weighted by molar-refractivity contribution is 0.0831. The van der Waals surface area contributed by atoms with Gasteiger partial charge in [-0.1, -0.05) is 11.3 Å². The van der Waals surface area contributed by atoms with Crippen molar-refractivity contribution in [1.29, 1.82) is 0 Å². The van der Waals surface area contributed by atoms with Gasteiger partial charge in [-0.2, -0.15) is 0 Å². The minimum atomic E-state index is -0.430. The van der Waals surface area contributed by atoms with Crippen LogP contribution >= 0.6 is 11.3 Å². The minimum Gasteiger partial charge on any atom is -0.496 e. The molecule has 140 valence electrons. The van der Waals surface area contributed by atoms with Gasteiger partial charge in [-0.3, -0.25) is 14.9 Å². The molecule has 0 radical (unpaired) electrons. The summed E-state index contributed by atoms with van der Waals surface area (Å²) in [7, 11) is 7.76. The summed E-state index contributed by atoms with van der Waals surface area (Å²) in [6.45, 7) is 1.72. The molecule has 0 saturated heterocycles. The van der Waals surface area contributed by atoms with E-state index in [0.717, 1.165) is 11.3 Å². The number of nitrogens with zero attached hydrogens (tertiary/aromatic N) is 2. The van der Waals surface area contributed by atoms with Gasteiger partial charge in [-0.05, 0) is 6.92 Å². The van der Waals surface area contributed by atoms with Crippen LogP contribution in [0.15, 0.2) is 12.1 Å². The molecule has 1 heterocycles. The number of carbonyl (C=O) groups is 2. The number of nitrogens with one attached hydrogen (secondary N) is 1. The van der Waals surface area contributed by atoms with Crippen LogP contribution in [0.25, 0.3) is 0 Å². The van der Waals surface area contributed by atoms with Crippen LogP contribution in [-0.2, 0) is 0 Å². The average Bonchev–Trinajstić information content (AvgIpc) is 2.99. The average molecular weight is 379 g/mol. The number of benzene rings is 1. The van der Waals surface area contributed by atoms with Gasteiger partial charge in [-0.15, -0.1) is 0 Å². The molecule has 1 N–H and O–H groups in total. The number of hydrogen-bond donors (Lipinski definition) is 1. The normalized spacial score (nSPS) is 10.2.